The van der Waals surface area contributed by atoms with E-state index in [9.17, 15) is 18.0 Å². The number of anilines is 1. The summed E-state index contributed by atoms with van der Waals surface area (Å²) in [5.41, 5.74) is 0.270. The Morgan fingerprint density at radius 3 is 2.79 bits per heavy atom. The van der Waals surface area contributed by atoms with Crippen LogP contribution in [0.15, 0.2) is 18.2 Å². The van der Waals surface area contributed by atoms with Gasteiger partial charge in [-0.3, -0.25) is 9.48 Å². The van der Waals surface area contributed by atoms with Gasteiger partial charge in [-0.25, -0.2) is 0 Å². The Morgan fingerprint density at radius 1 is 1.39 bits per heavy atom. The van der Waals surface area contributed by atoms with Gasteiger partial charge in [0, 0.05) is 18.0 Å². The van der Waals surface area contributed by atoms with Gasteiger partial charge in [-0.1, -0.05) is 0 Å². The van der Waals surface area contributed by atoms with Crippen LogP contribution in [-0.2, 0) is 11.3 Å². The van der Waals surface area contributed by atoms with Crippen LogP contribution in [0.5, 0.6) is 5.75 Å². The second-order valence-electron chi connectivity index (χ2n) is 7.56. The molecule has 1 N–H and O–H groups in total. The third-order valence-electron chi connectivity index (χ3n) is 4.66. The Bertz CT molecular complexity index is 848. The molecule has 1 saturated heterocycles. The number of amides is 1. The number of piperidine rings is 1. The van der Waals surface area contributed by atoms with Crippen LogP contribution in [-0.4, -0.2) is 53.0 Å². The van der Waals surface area contributed by atoms with Crippen molar-refractivity contribution in [2.75, 3.05) is 25.5 Å². The predicted octanol–water partition coefficient (Wildman–Crippen LogP) is 3.67. The van der Waals surface area contributed by atoms with Crippen LogP contribution in [0.4, 0.5) is 19.0 Å². The Labute approximate surface area is 161 Å². The van der Waals surface area contributed by atoms with E-state index in [1.54, 1.807) is 12.1 Å². The van der Waals surface area contributed by atoms with Crippen molar-refractivity contribution >= 4 is 22.6 Å². The summed E-state index contributed by atoms with van der Waals surface area (Å²) in [6.07, 6.45) is -2.88. The standard InChI is InChI=1S/C19H25F3N4O2/c1-12(2)28-14-6-7-15-16(9-14)26(11-19(20,21)22)24-17(15)23-18(27)13-5-4-8-25(3)10-13/h6-7,9,12-13H,4-5,8,10-11H2,1-3H3,(H,23,24,27)/t13-/m0/s1. The van der Waals surface area contributed by atoms with Crippen LogP contribution in [0, 0.1) is 5.92 Å². The minimum Gasteiger partial charge on any atom is -0.491 e. The fraction of sp³-hybridized carbons (Fsp3) is 0.579. The number of aromatic nitrogens is 2. The zero-order valence-corrected chi connectivity index (χ0v) is 16.2. The van der Waals surface area contributed by atoms with E-state index in [2.05, 4.69) is 15.3 Å². The average molecular weight is 398 g/mol. The van der Waals surface area contributed by atoms with E-state index >= 15 is 0 Å². The summed E-state index contributed by atoms with van der Waals surface area (Å²) < 4.78 is 45.5. The average Bonchev–Trinajstić information content (AvgIpc) is 2.89. The van der Waals surface area contributed by atoms with Gasteiger partial charge in [0.05, 0.1) is 17.5 Å². The van der Waals surface area contributed by atoms with Crippen LogP contribution in [0.2, 0.25) is 0 Å². The SMILES string of the molecule is CC(C)Oc1ccc2c(NC(=O)[C@H]3CCCN(C)C3)nn(CC(F)(F)F)c2c1. The smallest absolute Gasteiger partial charge is 0.408 e. The summed E-state index contributed by atoms with van der Waals surface area (Å²) in [7, 11) is 1.95. The topological polar surface area (TPSA) is 59.4 Å². The second kappa shape index (κ2) is 7.98. The molecule has 0 radical (unpaired) electrons. The molecule has 0 bridgehead atoms. The van der Waals surface area contributed by atoms with Gasteiger partial charge >= 0.3 is 6.18 Å². The lowest BCUT2D eigenvalue weighted by atomic mass is 9.97. The lowest BCUT2D eigenvalue weighted by Crippen LogP contribution is -2.38. The summed E-state index contributed by atoms with van der Waals surface area (Å²) in [6, 6.07) is 4.83. The van der Waals surface area contributed by atoms with Crippen molar-refractivity contribution in [1.29, 1.82) is 0 Å². The number of carbonyl (C=O) groups excluding carboxylic acids is 1. The molecule has 6 nitrogen and oxygen atoms in total. The molecule has 0 saturated carbocycles. The summed E-state index contributed by atoms with van der Waals surface area (Å²) in [5.74, 6) is 0.184. The maximum Gasteiger partial charge on any atom is 0.408 e. The van der Waals surface area contributed by atoms with Gasteiger partial charge in [-0.2, -0.15) is 18.3 Å². The van der Waals surface area contributed by atoms with Crippen molar-refractivity contribution in [2.45, 2.75) is 45.5 Å². The normalized spacial score (nSPS) is 18.6. The quantitative estimate of drug-likeness (QED) is 0.835. The Hall–Kier alpha value is -2.29. The van der Waals surface area contributed by atoms with Crippen LogP contribution < -0.4 is 10.1 Å². The van der Waals surface area contributed by atoms with E-state index in [0.717, 1.165) is 24.1 Å². The van der Waals surface area contributed by atoms with Gasteiger partial charge in [-0.05, 0) is 52.4 Å². The number of ether oxygens (including phenoxy) is 1. The van der Waals surface area contributed by atoms with Crippen LogP contribution in [0.25, 0.3) is 10.9 Å². The maximum absolute atomic E-state index is 13.0. The van der Waals surface area contributed by atoms with Crippen LogP contribution >= 0.6 is 0 Å². The molecule has 0 aliphatic carbocycles. The Kier molecular flexibility index (Phi) is 5.83. The number of carbonyl (C=O) groups is 1. The van der Waals surface area contributed by atoms with E-state index in [-0.39, 0.29) is 29.3 Å². The molecule has 1 aliphatic rings. The van der Waals surface area contributed by atoms with Crippen LogP contribution in [0.1, 0.15) is 26.7 Å². The first-order valence-electron chi connectivity index (χ1n) is 9.36. The van der Waals surface area contributed by atoms with Crippen molar-refractivity contribution in [3.8, 4) is 5.75 Å². The zero-order chi connectivity index (χ0) is 20.5. The zero-order valence-electron chi connectivity index (χ0n) is 16.2. The number of hydrogen-bond acceptors (Lipinski definition) is 4. The van der Waals surface area contributed by atoms with E-state index in [0.29, 0.717) is 17.7 Å². The first-order valence-corrected chi connectivity index (χ1v) is 9.36. The van der Waals surface area contributed by atoms with Gasteiger partial charge in [-0.15, -0.1) is 0 Å². The number of alkyl halides is 3. The number of halogens is 3. The number of fused-ring (bicyclic) bond motifs is 1. The van der Waals surface area contributed by atoms with E-state index in [1.807, 2.05) is 20.9 Å². The fourth-order valence-electron chi connectivity index (χ4n) is 3.48. The molecular formula is C19H25F3N4O2. The molecule has 1 aromatic carbocycles. The third-order valence-corrected chi connectivity index (χ3v) is 4.66. The van der Waals surface area contributed by atoms with Crippen molar-refractivity contribution < 1.29 is 22.7 Å². The van der Waals surface area contributed by atoms with Gasteiger partial charge < -0.3 is 15.0 Å². The monoisotopic (exact) mass is 398 g/mol. The lowest BCUT2D eigenvalue weighted by molar-refractivity contribution is -0.141. The molecule has 1 fully saturated rings. The van der Waals surface area contributed by atoms with Crippen molar-refractivity contribution in [2.24, 2.45) is 5.92 Å². The molecule has 9 heteroatoms. The van der Waals surface area contributed by atoms with Crippen molar-refractivity contribution in [3.63, 3.8) is 0 Å². The maximum atomic E-state index is 13.0. The highest BCUT2D eigenvalue weighted by atomic mass is 19.4. The first kappa shape index (κ1) is 20.4. The molecular weight excluding hydrogens is 373 g/mol. The van der Waals surface area contributed by atoms with Gasteiger partial charge in [0.25, 0.3) is 0 Å². The molecule has 0 spiro atoms. The molecule has 1 aliphatic heterocycles. The molecule has 28 heavy (non-hydrogen) atoms. The van der Waals surface area contributed by atoms with Gasteiger partial charge in [0.15, 0.2) is 5.82 Å². The largest absolute Gasteiger partial charge is 0.491 e. The van der Waals surface area contributed by atoms with Crippen molar-refractivity contribution in [1.82, 2.24) is 14.7 Å². The third kappa shape index (κ3) is 4.95. The van der Waals surface area contributed by atoms with Crippen molar-refractivity contribution in [3.05, 3.63) is 18.2 Å². The molecule has 1 amide bonds. The molecule has 1 atom stereocenters. The molecule has 2 heterocycles. The summed E-state index contributed by atoms with van der Waals surface area (Å²) in [6.45, 7) is 4.00. The number of nitrogens with zero attached hydrogens (tertiary/aromatic N) is 3. The molecule has 154 valence electrons. The number of hydrogen-bond donors (Lipinski definition) is 1. The van der Waals surface area contributed by atoms with Gasteiger partial charge in [0.1, 0.15) is 12.3 Å². The highest BCUT2D eigenvalue weighted by Gasteiger charge is 2.31. The Morgan fingerprint density at radius 2 is 2.14 bits per heavy atom. The van der Waals surface area contributed by atoms with Crippen LogP contribution in [0.3, 0.4) is 0 Å². The molecule has 1 aromatic heterocycles. The van der Waals surface area contributed by atoms with E-state index in [4.69, 9.17) is 4.74 Å². The number of benzene rings is 1. The van der Waals surface area contributed by atoms with E-state index in [1.165, 1.54) is 6.07 Å². The summed E-state index contributed by atoms with van der Waals surface area (Å²) in [5, 5.41) is 7.24. The summed E-state index contributed by atoms with van der Waals surface area (Å²) in [4.78, 5) is 14.7. The lowest BCUT2D eigenvalue weighted by Gasteiger charge is -2.28. The predicted molar refractivity (Wildman–Crippen MR) is 100 cm³/mol. The van der Waals surface area contributed by atoms with E-state index < -0.39 is 12.7 Å². The number of nitrogens with one attached hydrogen (secondary N) is 1. The van der Waals surface area contributed by atoms with Gasteiger partial charge in [0.2, 0.25) is 5.91 Å². The number of likely N-dealkylation sites (tertiary alicyclic amines) is 1. The molecule has 0 unspecified atom stereocenters. The highest BCUT2D eigenvalue weighted by molar-refractivity contribution is 6.01. The molecule has 2 aromatic rings. The molecule has 3 rings (SSSR count). The first-order chi connectivity index (χ1) is 13.1. The second-order valence-corrected chi connectivity index (χ2v) is 7.56. The minimum absolute atomic E-state index is 0.112. The summed E-state index contributed by atoms with van der Waals surface area (Å²) >= 11 is 0. The fourth-order valence-corrected chi connectivity index (χ4v) is 3.48. The highest BCUT2D eigenvalue weighted by Crippen LogP contribution is 2.30. The minimum atomic E-state index is -4.43. The Balaban J connectivity index is 1.91. The number of rotatable bonds is 5.